The third-order valence-electron chi connectivity index (χ3n) is 3.60. The first-order chi connectivity index (χ1) is 10.2. The Kier molecular flexibility index (Phi) is 5.76. The van der Waals surface area contributed by atoms with Crippen molar-refractivity contribution in [3.05, 3.63) is 59.4 Å². The molecule has 3 nitrogen and oxygen atoms in total. The maximum atomic E-state index is 5.19. The Morgan fingerprint density at radius 3 is 2.52 bits per heavy atom. The molecule has 0 spiro atoms. The van der Waals surface area contributed by atoms with Gasteiger partial charge in [0.05, 0.1) is 12.8 Å². The Hall–Kier alpha value is -1.87. The molecule has 21 heavy (non-hydrogen) atoms. The number of methoxy groups -OCH3 is 1. The second-order valence-corrected chi connectivity index (χ2v) is 5.20. The third kappa shape index (κ3) is 4.57. The summed E-state index contributed by atoms with van der Waals surface area (Å²) in [4.78, 5) is 4.65. The first-order valence-electron chi connectivity index (χ1n) is 7.52. The number of ether oxygens (including phenoxy) is 1. The van der Waals surface area contributed by atoms with E-state index < -0.39 is 0 Å². The van der Waals surface area contributed by atoms with Gasteiger partial charge in [-0.1, -0.05) is 25.1 Å². The van der Waals surface area contributed by atoms with Gasteiger partial charge in [0.25, 0.3) is 0 Å². The number of nitrogens with one attached hydrogen (secondary N) is 1. The highest BCUT2D eigenvalue weighted by molar-refractivity contribution is 5.27. The monoisotopic (exact) mass is 284 g/mol. The lowest BCUT2D eigenvalue weighted by atomic mass is 10.0. The van der Waals surface area contributed by atoms with Gasteiger partial charge in [-0.15, -0.1) is 0 Å². The van der Waals surface area contributed by atoms with Crippen molar-refractivity contribution in [2.75, 3.05) is 13.7 Å². The molecule has 0 aliphatic rings. The summed E-state index contributed by atoms with van der Waals surface area (Å²) in [5.74, 6) is 0.905. The molecule has 1 N–H and O–H groups in total. The second kappa shape index (κ2) is 7.79. The molecule has 1 aromatic carbocycles. The van der Waals surface area contributed by atoms with Gasteiger partial charge in [-0.05, 0) is 56.1 Å². The van der Waals surface area contributed by atoms with Gasteiger partial charge in [0.2, 0.25) is 0 Å². The van der Waals surface area contributed by atoms with Gasteiger partial charge in [0.1, 0.15) is 5.75 Å². The molecule has 0 amide bonds. The fourth-order valence-corrected chi connectivity index (χ4v) is 2.46. The van der Waals surface area contributed by atoms with Crippen LogP contribution in [-0.4, -0.2) is 18.6 Å². The average Bonchev–Trinajstić information content (AvgIpc) is 2.52. The SMILES string of the molecule is CCNC(CCc1ccc(OC)cc1)c1cccc(C)n1. The zero-order chi connectivity index (χ0) is 15.1. The predicted molar refractivity (Wildman–Crippen MR) is 86.7 cm³/mol. The lowest BCUT2D eigenvalue weighted by Gasteiger charge is -2.18. The van der Waals surface area contributed by atoms with Crippen molar-refractivity contribution in [3.8, 4) is 5.75 Å². The van der Waals surface area contributed by atoms with Crippen molar-refractivity contribution in [2.24, 2.45) is 0 Å². The van der Waals surface area contributed by atoms with Crippen LogP contribution < -0.4 is 10.1 Å². The van der Waals surface area contributed by atoms with E-state index >= 15 is 0 Å². The summed E-state index contributed by atoms with van der Waals surface area (Å²) in [6, 6.07) is 14.8. The number of hydrogen-bond acceptors (Lipinski definition) is 3. The highest BCUT2D eigenvalue weighted by Crippen LogP contribution is 2.19. The van der Waals surface area contributed by atoms with Gasteiger partial charge >= 0.3 is 0 Å². The van der Waals surface area contributed by atoms with E-state index in [2.05, 4.69) is 41.5 Å². The number of benzene rings is 1. The molecule has 2 aromatic rings. The van der Waals surface area contributed by atoms with E-state index in [1.165, 1.54) is 5.56 Å². The molecule has 1 heterocycles. The van der Waals surface area contributed by atoms with Crippen LogP contribution in [0.4, 0.5) is 0 Å². The molecule has 0 aliphatic carbocycles. The maximum absolute atomic E-state index is 5.19. The standard InChI is InChI=1S/C18H24N2O/c1-4-19-17(18-7-5-6-14(2)20-18)13-10-15-8-11-16(21-3)12-9-15/h5-9,11-12,17,19H,4,10,13H2,1-3H3. The largest absolute Gasteiger partial charge is 0.497 e. The van der Waals surface area contributed by atoms with Crippen molar-refractivity contribution in [1.82, 2.24) is 10.3 Å². The summed E-state index contributed by atoms with van der Waals surface area (Å²) >= 11 is 0. The number of pyridine rings is 1. The molecule has 0 fully saturated rings. The molecule has 112 valence electrons. The van der Waals surface area contributed by atoms with Crippen molar-refractivity contribution in [3.63, 3.8) is 0 Å². The van der Waals surface area contributed by atoms with Gasteiger partial charge in [-0.2, -0.15) is 0 Å². The minimum atomic E-state index is 0.303. The van der Waals surface area contributed by atoms with Crippen LogP contribution >= 0.6 is 0 Å². The van der Waals surface area contributed by atoms with Crippen LogP contribution in [0.3, 0.4) is 0 Å². The van der Waals surface area contributed by atoms with Gasteiger partial charge < -0.3 is 10.1 Å². The Morgan fingerprint density at radius 1 is 1.14 bits per heavy atom. The molecule has 0 bridgehead atoms. The van der Waals surface area contributed by atoms with Crippen LogP contribution in [0.5, 0.6) is 5.75 Å². The van der Waals surface area contributed by atoms with Crippen molar-refractivity contribution in [2.45, 2.75) is 32.7 Å². The smallest absolute Gasteiger partial charge is 0.118 e. The van der Waals surface area contributed by atoms with Crippen LogP contribution in [0.2, 0.25) is 0 Å². The number of nitrogens with zero attached hydrogens (tertiary/aromatic N) is 1. The van der Waals surface area contributed by atoms with E-state index in [0.717, 1.165) is 36.5 Å². The van der Waals surface area contributed by atoms with Gasteiger partial charge in [-0.25, -0.2) is 0 Å². The van der Waals surface area contributed by atoms with E-state index in [-0.39, 0.29) is 0 Å². The van der Waals surface area contributed by atoms with Crippen LogP contribution in [0.1, 0.15) is 36.3 Å². The average molecular weight is 284 g/mol. The molecule has 1 aromatic heterocycles. The van der Waals surface area contributed by atoms with Gasteiger partial charge in [0, 0.05) is 11.7 Å². The fraction of sp³-hybridized carbons (Fsp3) is 0.389. The Bertz CT molecular complexity index is 551. The van der Waals surface area contributed by atoms with E-state index in [0.29, 0.717) is 6.04 Å². The number of rotatable bonds is 7. The zero-order valence-electron chi connectivity index (χ0n) is 13.1. The minimum Gasteiger partial charge on any atom is -0.497 e. The van der Waals surface area contributed by atoms with E-state index in [9.17, 15) is 0 Å². The quantitative estimate of drug-likeness (QED) is 0.842. The highest BCUT2D eigenvalue weighted by Gasteiger charge is 2.11. The third-order valence-corrected chi connectivity index (χ3v) is 3.60. The predicted octanol–water partition coefficient (Wildman–Crippen LogP) is 3.68. The van der Waals surface area contributed by atoms with Crippen molar-refractivity contribution >= 4 is 0 Å². The van der Waals surface area contributed by atoms with Crippen LogP contribution in [0, 0.1) is 6.92 Å². The minimum absolute atomic E-state index is 0.303. The highest BCUT2D eigenvalue weighted by atomic mass is 16.5. The summed E-state index contributed by atoms with van der Waals surface area (Å²) in [6.07, 6.45) is 2.06. The first-order valence-corrected chi connectivity index (χ1v) is 7.52. The van der Waals surface area contributed by atoms with E-state index in [1.54, 1.807) is 7.11 Å². The maximum Gasteiger partial charge on any atom is 0.118 e. The van der Waals surface area contributed by atoms with Gasteiger partial charge in [-0.3, -0.25) is 4.98 Å². The summed E-state index contributed by atoms with van der Waals surface area (Å²) in [5, 5.41) is 3.53. The molecule has 1 unspecified atom stereocenters. The Labute approximate surface area is 127 Å². The molecule has 0 saturated heterocycles. The molecule has 2 rings (SSSR count). The summed E-state index contributed by atoms with van der Waals surface area (Å²) in [7, 11) is 1.69. The lowest BCUT2D eigenvalue weighted by Crippen LogP contribution is -2.22. The normalized spacial score (nSPS) is 12.1. The fourth-order valence-electron chi connectivity index (χ4n) is 2.46. The van der Waals surface area contributed by atoms with Gasteiger partial charge in [0.15, 0.2) is 0 Å². The van der Waals surface area contributed by atoms with Crippen molar-refractivity contribution in [1.29, 1.82) is 0 Å². The number of aromatic nitrogens is 1. The molecule has 0 radical (unpaired) electrons. The Balaban J connectivity index is 2.02. The molecular weight excluding hydrogens is 260 g/mol. The van der Waals surface area contributed by atoms with Crippen LogP contribution in [0.15, 0.2) is 42.5 Å². The molecule has 0 aliphatic heterocycles. The van der Waals surface area contributed by atoms with E-state index in [1.807, 2.05) is 25.1 Å². The molecule has 0 saturated carbocycles. The molecular formula is C18H24N2O. The lowest BCUT2D eigenvalue weighted by molar-refractivity contribution is 0.414. The van der Waals surface area contributed by atoms with E-state index in [4.69, 9.17) is 4.74 Å². The second-order valence-electron chi connectivity index (χ2n) is 5.20. The first kappa shape index (κ1) is 15.5. The molecule has 1 atom stereocenters. The van der Waals surface area contributed by atoms with Crippen molar-refractivity contribution < 1.29 is 4.74 Å². The summed E-state index contributed by atoms with van der Waals surface area (Å²) < 4.78 is 5.19. The topological polar surface area (TPSA) is 34.1 Å². The summed E-state index contributed by atoms with van der Waals surface area (Å²) in [5.41, 5.74) is 3.52. The number of hydrogen-bond donors (Lipinski definition) is 1. The zero-order valence-corrected chi connectivity index (χ0v) is 13.1. The number of aryl methyl sites for hydroxylation is 2. The summed E-state index contributed by atoms with van der Waals surface area (Å²) in [6.45, 7) is 5.12. The van der Waals surface area contributed by atoms with Crippen LogP contribution in [-0.2, 0) is 6.42 Å². The Morgan fingerprint density at radius 2 is 1.90 bits per heavy atom. The molecule has 3 heteroatoms. The van der Waals surface area contributed by atoms with Crippen LogP contribution in [0.25, 0.3) is 0 Å².